The number of nitrogens with one attached hydrogen (secondary N) is 1. The molecule has 0 aliphatic carbocycles. The van der Waals surface area contributed by atoms with Crippen LogP contribution < -0.4 is 5.32 Å². The van der Waals surface area contributed by atoms with E-state index in [1.54, 1.807) is 12.1 Å². The topological polar surface area (TPSA) is 72.2 Å². The fourth-order valence-corrected chi connectivity index (χ4v) is 1.93. The van der Waals surface area contributed by atoms with Crippen LogP contribution in [0.5, 0.6) is 0 Å². The molecule has 0 fully saturated rings. The van der Waals surface area contributed by atoms with E-state index in [-0.39, 0.29) is 5.69 Å². The molecule has 0 bridgehead atoms. The lowest BCUT2D eigenvalue weighted by atomic mass is 10.0. The Kier molecular flexibility index (Phi) is 3.98. The number of nitro groups is 1. The quantitative estimate of drug-likeness (QED) is 0.692. The average molecular weight is 288 g/mol. The summed E-state index contributed by atoms with van der Waals surface area (Å²) in [5, 5.41) is 13.2. The van der Waals surface area contributed by atoms with Crippen molar-refractivity contribution in [1.82, 2.24) is 0 Å². The first-order valence-electron chi connectivity index (χ1n) is 6.21. The summed E-state index contributed by atoms with van der Waals surface area (Å²) in [5.41, 5.74) is 1.77. The number of nitrogens with zero attached hydrogens (tertiary/aromatic N) is 1. The van der Waals surface area contributed by atoms with E-state index in [1.807, 2.05) is 19.9 Å². The first kappa shape index (κ1) is 14.6. The molecule has 0 saturated heterocycles. The molecule has 0 atom stereocenters. The number of hydrogen-bond donors (Lipinski definition) is 1. The normalized spacial score (nSPS) is 10.2. The van der Waals surface area contributed by atoms with E-state index < -0.39 is 22.3 Å². The Morgan fingerprint density at radius 3 is 2.62 bits per heavy atom. The van der Waals surface area contributed by atoms with E-state index in [0.717, 1.165) is 23.3 Å². The number of rotatable bonds is 3. The lowest BCUT2D eigenvalue weighted by Crippen LogP contribution is -2.14. The number of benzene rings is 2. The number of carbonyl (C=O) groups is 1. The van der Waals surface area contributed by atoms with E-state index in [4.69, 9.17) is 0 Å². The van der Waals surface area contributed by atoms with Crippen molar-refractivity contribution in [3.05, 3.63) is 69.0 Å². The summed E-state index contributed by atoms with van der Waals surface area (Å²) in [6.45, 7) is 3.70. The molecule has 108 valence electrons. The molecule has 0 spiro atoms. The average Bonchev–Trinajstić information content (AvgIpc) is 2.43. The summed E-state index contributed by atoms with van der Waals surface area (Å²) < 4.78 is 13.2. The third-order valence-electron chi connectivity index (χ3n) is 3.25. The summed E-state index contributed by atoms with van der Waals surface area (Å²) in [6, 6.07) is 8.54. The Bertz CT molecular complexity index is 729. The Hall–Kier alpha value is -2.76. The molecule has 0 unspecified atom stereocenters. The fourth-order valence-electron chi connectivity index (χ4n) is 1.93. The maximum absolute atomic E-state index is 13.2. The molecular formula is C15H13FN2O3. The second kappa shape index (κ2) is 5.70. The van der Waals surface area contributed by atoms with Crippen molar-refractivity contribution in [3.8, 4) is 0 Å². The molecule has 0 aromatic heterocycles. The highest BCUT2D eigenvalue weighted by Crippen LogP contribution is 2.22. The minimum absolute atomic E-state index is 0.175. The van der Waals surface area contributed by atoms with Crippen molar-refractivity contribution >= 4 is 17.3 Å². The van der Waals surface area contributed by atoms with Gasteiger partial charge in [0.1, 0.15) is 0 Å². The number of amides is 1. The van der Waals surface area contributed by atoms with Gasteiger partial charge in [0.15, 0.2) is 0 Å². The van der Waals surface area contributed by atoms with Gasteiger partial charge in [0.2, 0.25) is 5.82 Å². The summed E-state index contributed by atoms with van der Waals surface area (Å²) in [5.74, 6) is -1.33. The molecule has 5 nitrogen and oxygen atoms in total. The van der Waals surface area contributed by atoms with Crippen molar-refractivity contribution < 1.29 is 14.1 Å². The molecule has 2 aromatic rings. The first-order valence-corrected chi connectivity index (χ1v) is 6.21. The van der Waals surface area contributed by atoms with Gasteiger partial charge in [-0.2, -0.15) is 4.39 Å². The van der Waals surface area contributed by atoms with Gasteiger partial charge < -0.3 is 5.32 Å². The molecule has 21 heavy (non-hydrogen) atoms. The SMILES string of the molecule is Cc1cccc(C(=O)Nc2ccc(F)c([N+](=O)[O-])c2)c1C. The Morgan fingerprint density at radius 1 is 1.24 bits per heavy atom. The van der Waals surface area contributed by atoms with Crippen molar-refractivity contribution in [1.29, 1.82) is 0 Å². The third kappa shape index (κ3) is 3.05. The molecule has 0 aliphatic heterocycles. The highest BCUT2D eigenvalue weighted by Gasteiger charge is 2.16. The number of aryl methyl sites for hydroxylation is 1. The summed E-state index contributed by atoms with van der Waals surface area (Å²) in [7, 11) is 0. The van der Waals surface area contributed by atoms with Crippen LogP contribution in [0.4, 0.5) is 15.8 Å². The summed E-state index contributed by atoms with van der Waals surface area (Å²) >= 11 is 0. The largest absolute Gasteiger partial charge is 0.322 e. The van der Waals surface area contributed by atoms with Gasteiger partial charge in [0.25, 0.3) is 5.91 Å². The van der Waals surface area contributed by atoms with E-state index in [2.05, 4.69) is 5.32 Å². The number of nitro benzene ring substituents is 1. The number of anilines is 1. The second-order valence-electron chi connectivity index (χ2n) is 4.62. The molecule has 1 N–H and O–H groups in total. The summed E-state index contributed by atoms with van der Waals surface area (Å²) in [4.78, 5) is 22.0. The standard InChI is InChI=1S/C15H13FN2O3/c1-9-4-3-5-12(10(9)2)15(19)17-11-6-7-13(16)14(8-11)18(20)21/h3-8H,1-2H3,(H,17,19). The zero-order valence-electron chi connectivity index (χ0n) is 11.5. The predicted molar refractivity (Wildman–Crippen MR) is 76.9 cm³/mol. The number of halogens is 1. The zero-order valence-corrected chi connectivity index (χ0v) is 11.5. The van der Waals surface area contributed by atoms with Crippen LogP contribution in [-0.4, -0.2) is 10.8 Å². The van der Waals surface area contributed by atoms with Crippen LogP contribution in [0.3, 0.4) is 0 Å². The Balaban J connectivity index is 2.30. The third-order valence-corrected chi connectivity index (χ3v) is 3.25. The van der Waals surface area contributed by atoms with Crippen LogP contribution >= 0.6 is 0 Å². The van der Waals surface area contributed by atoms with Gasteiger partial charge in [0.05, 0.1) is 4.92 Å². The maximum atomic E-state index is 13.2. The van der Waals surface area contributed by atoms with Gasteiger partial charge in [-0.3, -0.25) is 14.9 Å². The fraction of sp³-hybridized carbons (Fsp3) is 0.133. The number of hydrogen-bond acceptors (Lipinski definition) is 3. The molecule has 0 saturated carbocycles. The summed E-state index contributed by atoms with van der Waals surface area (Å²) in [6.07, 6.45) is 0. The van der Waals surface area contributed by atoms with Gasteiger partial charge in [0, 0.05) is 17.3 Å². The minimum atomic E-state index is -0.940. The van der Waals surface area contributed by atoms with Gasteiger partial charge >= 0.3 is 5.69 Å². The lowest BCUT2D eigenvalue weighted by Gasteiger charge is -2.09. The smallest absolute Gasteiger partial charge is 0.306 e. The zero-order chi connectivity index (χ0) is 15.6. The van der Waals surface area contributed by atoms with E-state index >= 15 is 0 Å². The van der Waals surface area contributed by atoms with E-state index in [0.29, 0.717) is 5.56 Å². The molecule has 2 aromatic carbocycles. The van der Waals surface area contributed by atoms with Crippen LogP contribution in [0.15, 0.2) is 36.4 Å². The van der Waals surface area contributed by atoms with Gasteiger partial charge in [-0.05, 0) is 43.2 Å². The molecule has 6 heteroatoms. The van der Waals surface area contributed by atoms with Crippen LogP contribution in [0.1, 0.15) is 21.5 Å². The molecule has 1 amide bonds. The highest BCUT2D eigenvalue weighted by atomic mass is 19.1. The van der Waals surface area contributed by atoms with Crippen LogP contribution in [-0.2, 0) is 0 Å². The number of carbonyl (C=O) groups excluding carboxylic acids is 1. The van der Waals surface area contributed by atoms with E-state index in [9.17, 15) is 19.3 Å². The molecule has 0 heterocycles. The predicted octanol–water partition coefficient (Wildman–Crippen LogP) is 3.60. The minimum Gasteiger partial charge on any atom is -0.322 e. The van der Waals surface area contributed by atoms with Crippen molar-refractivity contribution in [2.75, 3.05) is 5.32 Å². The first-order chi connectivity index (χ1) is 9.90. The lowest BCUT2D eigenvalue weighted by molar-refractivity contribution is -0.387. The van der Waals surface area contributed by atoms with Crippen LogP contribution in [0, 0.1) is 29.8 Å². The second-order valence-corrected chi connectivity index (χ2v) is 4.62. The Labute approximate surface area is 120 Å². The van der Waals surface area contributed by atoms with E-state index in [1.165, 1.54) is 6.07 Å². The van der Waals surface area contributed by atoms with Crippen molar-refractivity contribution in [2.24, 2.45) is 0 Å². The van der Waals surface area contributed by atoms with Crippen molar-refractivity contribution in [2.45, 2.75) is 13.8 Å². The molecule has 0 radical (unpaired) electrons. The molecule has 2 rings (SSSR count). The van der Waals surface area contributed by atoms with Gasteiger partial charge in [-0.15, -0.1) is 0 Å². The van der Waals surface area contributed by atoms with Gasteiger partial charge in [-0.1, -0.05) is 12.1 Å². The van der Waals surface area contributed by atoms with Crippen LogP contribution in [0.25, 0.3) is 0 Å². The van der Waals surface area contributed by atoms with Crippen molar-refractivity contribution in [3.63, 3.8) is 0 Å². The highest BCUT2D eigenvalue weighted by molar-refractivity contribution is 6.05. The monoisotopic (exact) mass is 288 g/mol. The van der Waals surface area contributed by atoms with Crippen LogP contribution in [0.2, 0.25) is 0 Å². The maximum Gasteiger partial charge on any atom is 0.306 e. The molecule has 0 aliphatic rings. The van der Waals surface area contributed by atoms with Gasteiger partial charge in [-0.25, -0.2) is 0 Å². The molecular weight excluding hydrogens is 275 g/mol. The Morgan fingerprint density at radius 2 is 1.95 bits per heavy atom.